The highest BCUT2D eigenvalue weighted by molar-refractivity contribution is 7.89. The third-order valence-electron chi connectivity index (χ3n) is 4.45. The minimum atomic E-state index is -4.18. The number of amides is 1. The van der Waals surface area contributed by atoms with Gasteiger partial charge < -0.3 is 15.2 Å². The van der Waals surface area contributed by atoms with Crippen LogP contribution in [0, 0.1) is 5.82 Å². The van der Waals surface area contributed by atoms with Crippen LogP contribution in [0.2, 0.25) is 0 Å². The quantitative estimate of drug-likeness (QED) is 0.427. The Hall–Kier alpha value is -2.04. The third-order valence-corrected chi connectivity index (χ3v) is 5.94. The molecule has 1 aliphatic carbocycles. The van der Waals surface area contributed by atoms with Gasteiger partial charge in [-0.1, -0.05) is 25.7 Å². The van der Waals surface area contributed by atoms with Crippen molar-refractivity contribution in [3.63, 3.8) is 0 Å². The Labute approximate surface area is 163 Å². The van der Waals surface area contributed by atoms with Gasteiger partial charge in [-0.2, -0.15) is 4.72 Å². The van der Waals surface area contributed by atoms with E-state index < -0.39 is 47.0 Å². The zero-order valence-electron chi connectivity index (χ0n) is 15.4. The first kappa shape index (κ1) is 22.3. The maximum absolute atomic E-state index is 12.9. The van der Waals surface area contributed by atoms with Crippen LogP contribution in [0.25, 0.3) is 0 Å². The van der Waals surface area contributed by atoms with E-state index in [0.29, 0.717) is 0 Å². The first-order chi connectivity index (χ1) is 13.3. The molecule has 1 saturated carbocycles. The average molecular weight is 416 g/mol. The summed E-state index contributed by atoms with van der Waals surface area (Å²) in [5.41, 5.74) is 0. The third kappa shape index (κ3) is 6.84. The Morgan fingerprint density at radius 3 is 2.32 bits per heavy atom. The second-order valence-corrected chi connectivity index (χ2v) is 8.39. The van der Waals surface area contributed by atoms with Crippen molar-refractivity contribution >= 4 is 21.9 Å². The number of aliphatic hydroxyl groups is 1. The van der Waals surface area contributed by atoms with Crippen molar-refractivity contribution in [2.45, 2.75) is 55.5 Å². The van der Waals surface area contributed by atoms with Crippen LogP contribution in [0.15, 0.2) is 29.2 Å². The van der Waals surface area contributed by atoms with Crippen LogP contribution < -0.4 is 10.0 Å². The molecule has 28 heavy (non-hydrogen) atoms. The fourth-order valence-corrected chi connectivity index (χ4v) is 4.14. The Morgan fingerprint density at radius 1 is 1.14 bits per heavy atom. The number of rotatable bonds is 8. The van der Waals surface area contributed by atoms with Gasteiger partial charge in [-0.3, -0.25) is 9.59 Å². The summed E-state index contributed by atoms with van der Waals surface area (Å²) in [5, 5.41) is 12.1. The highest BCUT2D eigenvalue weighted by Gasteiger charge is 2.27. The van der Waals surface area contributed by atoms with E-state index in [0.717, 1.165) is 62.8 Å². The van der Waals surface area contributed by atoms with Gasteiger partial charge in [-0.05, 0) is 37.1 Å². The van der Waals surface area contributed by atoms with Crippen LogP contribution in [0.3, 0.4) is 0 Å². The molecule has 10 heteroatoms. The molecule has 3 N–H and O–H groups in total. The zero-order valence-corrected chi connectivity index (χ0v) is 16.2. The molecule has 8 nitrogen and oxygen atoms in total. The predicted molar refractivity (Wildman–Crippen MR) is 98.2 cm³/mol. The molecule has 1 aliphatic rings. The number of hydrogen-bond acceptors (Lipinski definition) is 6. The fraction of sp³-hybridized carbons (Fsp3) is 0.556. The second kappa shape index (κ2) is 10.5. The number of halogens is 1. The summed E-state index contributed by atoms with van der Waals surface area (Å²) in [5.74, 6) is -2.17. The number of carbonyl (C=O) groups is 2. The van der Waals surface area contributed by atoms with Crippen LogP contribution >= 0.6 is 0 Å². The van der Waals surface area contributed by atoms with Gasteiger partial charge in [0.15, 0.2) is 6.61 Å². The summed E-state index contributed by atoms with van der Waals surface area (Å²) >= 11 is 0. The Kier molecular flexibility index (Phi) is 8.34. The van der Waals surface area contributed by atoms with Gasteiger partial charge in [-0.25, -0.2) is 12.8 Å². The summed E-state index contributed by atoms with van der Waals surface area (Å²) in [7, 11) is -4.18. The minimum Gasteiger partial charge on any atom is -0.454 e. The van der Waals surface area contributed by atoms with E-state index in [4.69, 9.17) is 4.74 Å². The molecule has 0 bridgehead atoms. The van der Waals surface area contributed by atoms with Crippen molar-refractivity contribution in [1.29, 1.82) is 0 Å². The normalized spacial score (nSPS) is 16.8. The summed E-state index contributed by atoms with van der Waals surface area (Å²) in [6.07, 6.45) is 6.07. The van der Waals surface area contributed by atoms with Crippen molar-refractivity contribution in [3.05, 3.63) is 30.1 Å². The van der Waals surface area contributed by atoms with Crippen LogP contribution in [0.1, 0.15) is 38.5 Å². The fourth-order valence-electron chi connectivity index (χ4n) is 2.96. The molecule has 0 aromatic heterocycles. The first-order valence-electron chi connectivity index (χ1n) is 9.16. The predicted octanol–water partition coefficient (Wildman–Crippen LogP) is 0.847. The van der Waals surface area contributed by atoms with Crippen LogP contribution in [-0.4, -0.2) is 50.7 Å². The van der Waals surface area contributed by atoms with E-state index in [9.17, 15) is 27.5 Å². The zero-order chi connectivity index (χ0) is 20.6. The van der Waals surface area contributed by atoms with E-state index >= 15 is 0 Å². The maximum atomic E-state index is 12.9. The van der Waals surface area contributed by atoms with Crippen molar-refractivity contribution in [2.75, 3.05) is 13.2 Å². The highest BCUT2D eigenvalue weighted by atomic mass is 32.2. The van der Waals surface area contributed by atoms with Gasteiger partial charge in [0.2, 0.25) is 10.0 Å². The van der Waals surface area contributed by atoms with Gasteiger partial charge >= 0.3 is 5.97 Å². The maximum Gasteiger partial charge on any atom is 0.327 e. The lowest BCUT2D eigenvalue weighted by Crippen LogP contribution is -2.45. The Bertz CT molecular complexity index is 761. The molecule has 0 aliphatic heterocycles. The lowest BCUT2D eigenvalue weighted by atomic mass is 10.1. The molecule has 1 fully saturated rings. The van der Waals surface area contributed by atoms with Gasteiger partial charge in [-0.15, -0.1) is 0 Å². The lowest BCUT2D eigenvalue weighted by Gasteiger charge is -2.18. The van der Waals surface area contributed by atoms with Crippen molar-refractivity contribution in [2.24, 2.45) is 0 Å². The summed E-state index contributed by atoms with van der Waals surface area (Å²) < 4.78 is 44.2. The molecule has 0 saturated heterocycles. The molecule has 0 radical (unpaired) electrons. The number of aliphatic hydroxyl groups excluding tert-OH is 1. The van der Waals surface area contributed by atoms with Crippen molar-refractivity contribution in [3.8, 4) is 0 Å². The molecule has 0 spiro atoms. The molecule has 1 aromatic rings. The molecule has 2 rings (SSSR count). The number of hydrogen-bond donors (Lipinski definition) is 3. The molecular formula is C18H25FN2O6S. The topological polar surface area (TPSA) is 122 Å². The highest BCUT2D eigenvalue weighted by Crippen LogP contribution is 2.17. The molecular weight excluding hydrogens is 391 g/mol. The van der Waals surface area contributed by atoms with Crippen LogP contribution in [0.4, 0.5) is 4.39 Å². The summed E-state index contributed by atoms with van der Waals surface area (Å²) in [4.78, 5) is 23.7. The van der Waals surface area contributed by atoms with E-state index in [1.807, 2.05) is 4.72 Å². The van der Waals surface area contributed by atoms with E-state index in [1.165, 1.54) is 0 Å². The van der Waals surface area contributed by atoms with Gasteiger partial charge in [0.05, 0.1) is 11.5 Å². The van der Waals surface area contributed by atoms with Crippen molar-refractivity contribution < 1.29 is 32.2 Å². The molecule has 0 heterocycles. The number of nitrogens with one attached hydrogen (secondary N) is 2. The molecule has 156 valence electrons. The SMILES string of the molecule is O=C(COC(=O)[C@H](CO)NS(=O)(=O)c1ccc(F)cc1)NC1CCCCCC1. The first-order valence-corrected chi connectivity index (χ1v) is 10.6. The number of sulfonamides is 1. The number of benzene rings is 1. The Balaban J connectivity index is 1.86. The van der Waals surface area contributed by atoms with Gasteiger partial charge in [0, 0.05) is 6.04 Å². The van der Waals surface area contributed by atoms with Gasteiger partial charge in [0.1, 0.15) is 11.9 Å². The average Bonchev–Trinajstić information content (AvgIpc) is 2.93. The van der Waals surface area contributed by atoms with Crippen LogP contribution in [0.5, 0.6) is 0 Å². The van der Waals surface area contributed by atoms with E-state index in [1.54, 1.807) is 0 Å². The number of esters is 1. The largest absolute Gasteiger partial charge is 0.454 e. The number of carbonyl (C=O) groups excluding carboxylic acids is 2. The monoisotopic (exact) mass is 416 g/mol. The lowest BCUT2D eigenvalue weighted by molar-refractivity contribution is -0.151. The minimum absolute atomic E-state index is 0.0410. The smallest absolute Gasteiger partial charge is 0.327 e. The van der Waals surface area contributed by atoms with E-state index in [-0.39, 0.29) is 10.9 Å². The molecule has 1 aromatic carbocycles. The van der Waals surface area contributed by atoms with Crippen LogP contribution in [-0.2, 0) is 24.3 Å². The standard InChI is InChI=1S/C18H25FN2O6S/c19-13-7-9-15(10-8-13)28(25,26)21-16(11-22)18(24)27-12-17(23)20-14-5-3-1-2-4-6-14/h7-10,14,16,21-22H,1-6,11-12H2,(H,20,23)/t16-/m0/s1. The number of ether oxygens (including phenoxy) is 1. The molecule has 1 amide bonds. The Morgan fingerprint density at radius 2 is 1.75 bits per heavy atom. The van der Waals surface area contributed by atoms with Gasteiger partial charge in [0.25, 0.3) is 5.91 Å². The summed E-state index contributed by atoms with van der Waals surface area (Å²) in [6.45, 7) is -1.42. The van der Waals surface area contributed by atoms with Crippen molar-refractivity contribution in [1.82, 2.24) is 10.0 Å². The molecule has 0 unspecified atom stereocenters. The summed E-state index contributed by atoms with van der Waals surface area (Å²) in [6, 6.07) is 2.42. The second-order valence-electron chi connectivity index (χ2n) is 6.67. The van der Waals surface area contributed by atoms with E-state index in [2.05, 4.69) is 5.32 Å². The molecule has 1 atom stereocenters.